The first-order chi connectivity index (χ1) is 8.04. The van der Waals surface area contributed by atoms with Crippen LogP contribution >= 0.6 is 0 Å². The summed E-state index contributed by atoms with van der Waals surface area (Å²) in [5, 5.41) is 0. The van der Waals surface area contributed by atoms with Crippen molar-refractivity contribution in [2.75, 3.05) is 5.73 Å². The first kappa shape index (κ1) is 12.3. The van der Waals surface area contributed by atoms with Gasteiger partial charge in [-0.1, -0.05) is 19.9 Å². The number of benzene rings is 1. The van der Waals surface area contributed by atoms with E-state index in [0.717, 1.165) is 41.7 Å². The maximum Gasteiger partial charge on any atom is 0.121 e. The van der Waals surface area contributed by atoms with E-state index in [1.54, 1.807) is 0 Å². The van der Waals surface area contributed by atoms with E-state index in [9.17, 15) is 0 Å². The SMILES string of the molecule is Cc1ccc(OC2CC(C)CC(C)C2)cc1N. The third kappa shape index (κ3) is 3.15. The maximum atomic E-state index is 6.05. The molecule has 0 bridgehead atoms. The summed E-state index contributed by atoms with van der Waals surface area (Å²) in [6.07, 6.45) is 4.02. The van der Waals surface area contributed by atoms with Crippen LogP contribution in [-0.2, 0) is 0 Å². The molecule has 1 fully saturated rings. The van der Waals surface area contributed by atoms with Gasteiger partial charge in [0.1, 0.15) is 5.75 Å². The molecule has 1 saturated carbocycles. The van der Waals surface area contributed by atoms with Gasteiger partial charge in [0.15, 0.2) is 0 Å². The molecular formula is C15H23NO. The summed E-state index contributed by atoms with van der Waals surface area (Å²) in [4.78, 5) is 0. The van der Waals surface area contributed by atoms with Gasteiger partial charge < -0.3 is 10.5 Å². The molecule has 0 amide bonds. The van der Waals surface area contributed by atoms with Crippen molar-refractivity contribution >= 4 is 5.69 Å². The quantitative estimate of drug-likeness (QED) is 0.789. The average molecular weight is 233 g/mol. The zero-order chi connectivity index (χ0) is 12.4. The molecule has 1 aliphatic rings. The highest BCUT2D eigenvalue weighted by Gasteiger charge is 2.25. The molecule has 2 N–H and O–H groups in total. The van der Waals surface area contributed by atoms with Crippen LogP contribution in [0.15, 0.2) is 18.2 Å². The Balaban J connectivity index is 2.02. The van der Waals surface area contributed by atoms with E-state index in [1.807, 2.05) is 25.1 Å². The second-order valence-electron chi connectivity index (χ2n) is 5.68. The number of rotatable bonds is 2. The zero-order valence-corrected chi connectivity index (χ0v) is 11.1. The van der Waals surface area contributed by atoms with E-state index in [2.05, 4.69) is 13.8 Å². The number of nitrogen functional groups attached to an aromatic ring is 1. The molecule has 94 valence electrons. The molecule has 0 aliphatic heterocycles. The Labute approximate surface area is 104 Å². The van der Waals surface area contributed by atoms with Gasteiger partial charge in [-0.25, -0.2) is 0 Å². The molecule has 2 heteroatoms. The van der Waals surface area contributed by atoms with Crippen LogP contribution in [0.1, 0.15) is 38.7 Å². The van der Waals surface area contributed by atoms with Crippen molar-refractivity contribution in [2.24, 2.45) is 11.8 Å². The van der Waals surface area contributed by atoms with Crippen molar-refractivity contribution in [1.29, 1.82) is 0 Å². The summed E-state index contributed by atoms with van der Waals surface area (Å²) in [6.45, 7) is 6.65. The standard InChI is InChI=1S/C15H23NO/c1-10-6-11(2)8-14(7-10)17-13-5-4-12(3)15(16)9-13/h4-5,9-11,14H,6-8,16H2,1-3H3. The van der Waals surface area contributed by atoms with Crippen molar-refractivity contribution < 1.29 is 4.74 Å². The molecule has 1 aromatic rings. The van der Waals surface area contributed by atoms with Gasteiger partial charge in [0.25, 0.3) is 0 Å². The molecule has 0 radical (unpaired) electrons. The van der Waals surface area contributed by atoms with E-state index in [0.29, 0.717) is 6.10 Å². The summed E-state index contributed by atoms with van der Waals surface area (Å²) in [5.74, 6) is 2.46. The van der Waals surface area contributed by atoms with Gasteiger partial charge in [0.05, 0.1) is 6.10 Å². The minimum atomic E-state index is 0.357. The lowest BCUT2D eigenvalue weighted by Crippen LogP contribution is -2.28. The molecule has 0 aromatic heterocycles. The van der Waals surface area contributed by atoms with Crippen molar-refractivity contribution in [1.82, 2.24) is 0 Å². The Kier molecular flexibility index (Phi) is 3.60. The van der Waals surface area contributed by atoms with Gasteiger partial charge in [0, 0.05) is 11.8 Å². The first-order valence-corrected chi connectivity index (χ1v) is 6.57. The molecule has 2 rings (SSSR count). The van der Waals surface area contributed by atoms with Crippen LogP contribution in [0, 0.1) is 18.8 Å². The topological polar surface area (TPSA) is 35.2 Å². The van der Waals surface area contributed by atoms with Crippen LogP contribution in [0.25, 0.3) is 0 Å². The van der Waals surface area contributed by atoms with Crippen LogP contribution in [0.3, 0.4) is 0 Å². The Morgan fingerprint density at radius 3 is 2.35 bits per heavy atom. The van der Waals surface area contributed by atoms with Crippen LogP contribution in [-0.4, -0.2) is 6.10 Å². The predicted octanol–water partition coefficient (Wildman–Crippen LogP) is 3.78. The third-order valence-corrected chi connectivity index (χ3v) is 3.69. The molecule has 0 saturated heterocycles. The lowest BCUT2D eigenvalue weighted by molar-refractivity contribution is 0.101. The Morgan fingerprint density at radius 1 is 1.12 bits per heavy atom. The van der Waals surface area contributed by atoms with Crippen molar-refractivity contribution in [3.05, 3.63) is 23.8 Å². The van der Waals surface area contributed by atoms with E-state index in [-0.39, 0.29) is 0 Å². The fourth-order valence-electron chi connectivity index (χ4n) is 2.85. The first-order valence-electron chi connectivity index (χ1n) is 6.57. The number of hydrogen-bond donors (Lipinski definition) is 1. The number of aryl methyl sites for hydroxylation is 1. The fourth-order valence-corrected chi connectivity index (χ4v) is 2.85. The number of nitrogens with two attached hydrogens (primary N) is 1. The molecule has 17 heavy (non-hydrogen) atoms. The van der Waals surface area contributed by atoms with Crippen LogP contribution in [0.2, 0.25) is 0 Å². The van der Waals surface area contributed by atoms with Crippen molar-refractivity contribution in [3.8, 4) is 5.75 Å². The van der Waals surface area contributed by atoms with E-state index in [1.165, 1.54) is 6.42 Å². The summed E-state index contributed by atoms with van der Waals surface area (Å²) in [6, 6.07) is 6.00. The van der Waals surface area contributed by atoms with E-state index >= 15 is 0 Å². The van der Waals surface area contributed by atoms with Gasteiger partial charge in [-0.15, -0.1) is 0 Å². The van der Waals surface area contributed by atoms with Gasteiger partial charge >= 0.3 is 0 Å². The lowest BCUT2D eigenvalue weighted by Gasteiger charge is -2.31. The van der Waals surface area contributed by atoms with Gasteiger partial charge in [-0.2, -0.15) is 0 Å². The van der Waals surface area contributed by atoms with Crippen LogP contribution in [0.5, 0.6) is 5.75 Å². The molecule has 1 aliphatic carbocycles. The van der Waals surface area contributed by atoms with Gasteiger partial charge in [0.2, 0.25) is 0 Å². The average Bonchev–Trinajstić information content (AvgIpc) is 2.22. The molecule has 0 spiro atoms. The fraction of sp³-hybridized carbons (Fsp3) is 0.600. The summed E-state index contributed by atoms with van der Waals surface area (Å²) >= 11 is 0. The van der Waals surface area contributed by atoms with Crippen LogP contribution in [0.4, 0.5) is 5.69 Å². The summed E-state index contributed by atoms with van der Waals surface area (Å²) < 4.78 is 6.05. The highest BCUT2D eigenvalue weighted by Crippen LogP contribution is 2.31. The third-order valence-electron chi connectivity index (χ3n) is 3.69. The summed E-state index contributed by atoms with van der Waals surface area (Å²) in [5.41, 5.74) is 7.83. The molecular weight excluding hydrogens is 210 g/mol. The highest BCUT2D eigenvalue weighted by atomic mass is 16.5. The van der Waals surface area contributed by atoms with Crippen LogP contribution < -0.4 is 10.5 Å². The smallest absolute Gasteiger partial charge is 0.121 e. The predicted molar refractivity (Wildman–Crippen MR) is 72.2 cm³/mol. The van der Waals surface area contributed by atoms with Gasteiger partial charge in [-0.3, -0.25) is 0 Å². The molecule has 2 atom stereocenters. The zero-order valence-electron chi connectivity index (χ0n) is 11.1. The number of ether oxygens (including phenoxy) is 1. The highest BCUT2D eigenvalue weighted by molar-refractivity contribution is 5.50. The molecule has 1 aromatic carbocycles. The monoisotopic (exact) mass is 233 g/mol. The molecule has 2 unspecified atom stereocenters. The Bertz CT molecular complexity index is 379. The maximum absolute atomic E-state index is 6.05. The minimum Gasteiger partial charge on any atom is -0.490 e. The molecule has 2 nitrogen and oxygen atoms in total. The lowest BCUT2D eigenvalue weighted by atomic mass is 9.82. The van der Waals surface area contributed by atoms with Crippen molar-refractivity contribution in [2.45, 2.75) is 46.1 Å². The Hall–Kier alpha value is -1.18. The Morgan fingerprint density at radius 2 is 1.76 bits per heavy atom. The largest absolute Gasteiger partial charge is 0.490 e. The normalized spacial score (nSPS) is 29.0. The van der Waals surface area contributed by atoms with E-state index in [4.69, 9.17) is 10.5 Å². The second-order valence-corrected chi connectivity index (χ2v) is 5.68. The van der Waals surface area contributed by atoms with E-state index < -0.39 is 0 Å². The summed E-state index contributed by atoms with van der Waals surface area (Å²) in [7, 11) is 0. The second kappa shape index (κ2) is 4.99. The van der Waals surface area contributed by atoms with Crippen molar-refractivity contribution in [3.63, 3.8) is 0 Å². The number of hydrogen-bond acceptors (Lipinski definition) is 2. The molecule has 0 heterocycles. The number of anilines is 1. The minimum absolute atomic E-state index is 0.357. The van der Waals surface area contributed by atoms with Gasteiger partial charge in [-0.05, 0) is 49.7 Å².